The first-order valence-electron chi connectivity index (χ1n) is 37.6. The zero-order chi connectivity index (χ0) is 75.0. The zero-order valence-corrected chi connectivity index (χ0v) is 65.3. The van der Waals surface area contributed by atoms with E-state index in [1.54, 1.807) is 44.6 Å². The van der Waals surface area contributed by atoms with Crippen LogP contribution in [-0.2, 0) is 81.6 Å². The molecule has 1 unspecified atom stereocenters. The van der Waals surface area contributed by atoms with E-state index in [1.165, 1.54) is 28.9 Å². The van der Waals surface area contributed by atoms with E-state index in [9.17, 15) is 32.7 Å². The number of carboxylic acids is 1. The number of esters is 2. The molecule has 103 heavy (non-hydrogen) atoms. The summed E-state index contributed by atoms with van der Waals surface area (Å²) in [5.74, 6) is -2.26. The lowest BCUT2D eigenvalue weighted by molar-refractivity contribution is -0.173. The van der Waals surface area contributed by atoms with Crippen molar-refractivity contribution in [3.8, 4) is 0 Å². The third-order valence-corrected chi connectivity index (χ3v) is 23.3. The van der Waals surface area contributed by atoms with E-state index >= 15 is 0 Å². The molecule has 3 aromatic carbocycles. The number of epoxide rings is 4. The molecule has 1 amide bonds. The van der Waals surface area contributed by atoms with Gasteiger partial charge in [-0.05, 0) is 231 Å². The average molecular weight is 1450 g/mol. The summed E-state index contributed by atoms with van der Waals surface area (Å²) in [5, 5.41) is 12.8. The molecule has 3 N–H and O–H groups in total. The van der Waals surface area contributed by atoms with Crippen molar-refractivity contribution < 1.29 is 70.6 Å². The highest BCUT2D eigenvalue weighted by atomic mass is 32.2. The number of carbonyl (C=O) groups excluding carboxylic acids is 3. The van der Waals surface area contributed by atoms with Gasteiger partial charge in [-0.15, -0.1) is 0 Å². The van der Waals surface area contributed by atoms with Gasteiger partial charge in [-0.25, -0.2) is 18.0 Å². The summed E-state index contributed by atoms with van der Waals surface area (Å²) >= 11 is 0. The van der Waals surface area contributed by atoms with Crippen molar-refractivity contribution in [3.63, 3.8) is 0 Å². The first kappa shape index (κ1) is 82.5. The maximum Gasteiger partial charge on any atom is 0.338 e. The van der Waals surface area contributed by atoms with E-state index in [0.29, 0.717) is 31.6 Å². The van der Waals surface area contributed by atoms with Crippen LogP contribution >= 0.6 is 0 Å². The molecule has 21 heteroatoms. The van der Waals surface area contributed by atoms with Gasteiger partial charge in [0.15, 0.2) is 0 Å². The molecule has 4 heterocycles. The molecule has 7 aliphatic rings. The molecule has 2 saturated carbocycles. The monoisotopic (exact) mass is 1450 g/mol. The van der Waals surface area contributed by atoms with Crippen LogP contribution in [0.3, 0.4) is 0 Å². The number of nitrogens with zero attached hydrogens (tertiary/aromatic N) is 3. The molecule has 20 nitrogen and oxygen atoms in total. The molecule has 4 saturated heterocycles. The first-order chi connectivity index (χ1) is 49.0. The predicted octanol–water partition coefficient (Wildman–Crippen LogP) is 12.6. The number of carboxylic acid groups (broad SMARTS) is 1. The highest BCUT2D eigenvalue weighted by molar-refractivity contribution is 7.92. The summed E-state index contributed by atoms with van der Waals surface area (Å²) in [6.07, 6.45) is 21.8. The summed E-state index contributed by atoms with van der Waals surface area (Å²) in [6, 6.07) is 18.5. The number of rotatable bonds is 33. The Balaban J connectivity index is 0.000000196. The number of sulfonamides is 1. The number of benzene rings is 3. The number of fused-ring (bicyclic) bond motifs is 1. The van der Waals surface area contributed by atoms with Crippen molar-refractivity contribution in [3.05, 3.63) is 129 Å². The topological polar surface area (TPSA) is 243 Å². The second kappa shape index (κ2) is 36.9. The molecule has 0 radical (unpaired) electrons. The lowest BCUT2D eigenvalue weighted by Crippen LogP contribution is -2.55. The van der Waals surface area contributed by atoms with Gasteiger partial charge >= 0.3 is 17.9 Å². The Morgan fingerprint density at radius 1 is 0.728 bits per heavy atom. The van der Waals surface area contributed by atoms with Gasteiger partial charge in [0, 0.05) is 33.4 Å². The van der Waals surface area contributed by atoms with Gasteiger partial charge in [0.1, 0.15) is 46.8 Å². The number of likely N-dealkylation sites (N-methyl/N-ethyl adjacent to an activating group) is 1. The van der Waals surface area contributed by atoms with Crippen LogP contribution in [0.2, 0.25) is 0 Å². The number of allylic oxidation sites excluding steroid dienone is 2. The number of aryl methyl sites for hydroxylation is 2. The first-order valence-corrected chi connectivity index (χ1v) is 39.0. The Bertz CT molecular complexity index is 3570. The number of carbonyl (C=O) groups is 4. The third kappa shape index (κ3) is 22.0. The fraction of sp³-hybridized carbons (Fsp3) is 0.634. The van der Waals surface area contributed by atoms with Crippen molar-refractivity contribution in [2.24, 2.45) is 23.7 Å². The van der Waals surface area contributed by atoms with Gasteiger partial charge in [0.25, 0.3) is 10.0 Å². The summed E-state index contributed by atoms with van der Waals surface area (Å²) < 4.78 is 77.4. The van der Waals surface area contributed by atoms with Gasteiger partial charge in [-0.2, -0.15) is 0 Å². The number of anilines is 1. The van der Waals surface area contributed by atoms with Crippen LogP contribution in [0.15, 0.2) is 101 Å². The molecule has 570 valence electrons. The molecule has 0 aromatic heterocycles. The van der Waals surface area contributed by atoms with Gasteiger partial charge in [-0.3, -0.25) is 14.3 Å². The van der Waals surface area contributed by atoms with E-state index < -0.39 is 21.9 Å². The molecular weight excluding hydrogens is 1330 g/mol. The highest BCUT2D eigenvalue weighted by Gasteiger charge is 2.73. The highest BCUT2D eigenvalue weighted by Crippen LogP contribution is 2.61. The molecule has 10 rings (SSSR count). The minimum atomic E-state index is -3.97. The van der Waals surface area contributed by atoms with E-state index in [0.717, 1.165) is 127 Å². The number of amides is 1. The minimum Gasteiger partial charge on any atom is -0.478 e. The second-order valence-corrected chi connectivity index (χ2v) is 32.6. The molecule has 0 bridgehead atoms. The lowest BCUT2D eigenvalue weighted by Gasteiger charge is -2.42. The van der Waals surface area contributed by atoms with Crippen molar-refractivity contribution in [1.29, 1.82) is 0 Å². The third-order valence-electron chi connectivity index (χ3n) is 21.9. The molecule has 3 aromatic rings. The molecule has 2 spiro atoms. The van der Waals surface area contributed by atoms with Crippen LogP contribution in [0, 0.1) is 23.7 Å². The van der Waals surface area contributed by atoms with E-state index in [2.05, 4.69) is 131 Å². The Hall–Kier alpha value is -6.11. The molecule has 13 atom stereocenters. The number of hydrogen-bond donors (Lipinski definition) is 3. The standard InChI is InChI=1S/C30H43NO5.C28H48N2O6.C24H30N2O4S/c1-21(2)9-15-25-29(3,36-25)28-27(33-6)24(17-18-30(28)20-34-30)35-26(32)16-14-23-12-10-22(11-13-23)8-7-19-31(4)5;1-18(2)10-11-22-27(5,36-22)25-24(33-8)21(12-13-28(25)17-34-28)35-23(31)16-20(19(3)4)26(32)29-14-9-15-30(6)7;1-3-26(4-2)17-9-12-19-11-6-8-14-22(19)31(29,30)25-21-16-15-18-10-5-7-13-20(18)23(21)24(27)28/h9-14,16,24-25,27-28H,7-8,15,17-20H2,1-6H3;10,19-22,24-25H,9,11-17H2,1-8H3,(H,29,32);6,8-9,11-12,14-16,25H,3-5,7,10,13,17H2,1-2H3,(H,27,28)/b16-14+;;12-9-/t24-,25-,27-,28-,29+,30?;20-,21-,22-,24-,25-,27+,28+;/m11./s1. The number of aromatic carboxylic acids is 1. The molecule has 6 fully saturated rings. The Morgan fingerprint density at radius 3 is 1.81 bits per heavy atom. The fourth-order valence-corrected chi connectivity index (χ4v) is 17.0. The van der Waals surface area contributed by atoms with Crippen LogP contribution < -0.4 is 10.0 Å². The lowest BCUT2D eigenvalue weighted by atomic mass is 9.68. The van der Waals surface area contributed by atoms with E-state index in [1.807, 2.05) is 46.2 Å². The number of nitrogens with one attached hydrogen (secondary N) is 2. The predicted molar refractivity (Wildman–Crippen MR) is 404 cm³/mol. The number of ether oxygens (including phenoxy) is 8. The van der Waals surface area contributed by atoms with Crippen LogP contribution in [-0.4, -0.2) is 206 Å². The van der Waals surface area contributed by atoms with Gasteiger partial charge in [0.05, 0.1) is 65.7 Å². The van der Waals surface area contributed by atoms with Crippen molar-refractivity contribution in [1.82, 2.24) is 20.0 Å². The molecule has 3 aliphatic carbocycles. The second-order valence-electron chi connectivity index (χ2n) is 30.9. The van der Waals surface area contributed by atoms with Crippen molar-refractivity contribution in [2.75, 3.05) is 99.6 Å². The van der Waals surface area contributed by atoms with Crippen LogP contribution in [0.5, 0.6) is 0 Å². The average Bonchev–Trinajstić information content (AvgIpc) is 1.54. The largest absolute Gasteiger partial charge is 0.478 e. The van der Waals surface area contributed by atoms with E-state index in [4.69, 9.17) is 37.9 Å². The van der Waals surface area contributed by atoms with Crippen LogP contribution in [0.4, 0.5) is 5.69 Å². The summed E-state index contributed by atoms with van der Waals surface area (Å²) in [5.41, 5.74) is 6.15. The number of hydrogen-bond acceptors (Lipinski definition) is 17. The smallest absolute Gasteiger partial charge is 0.338 e. The Kier molecular flexibility index (Phi) is 29.6. The fourth-order valence-electron chi connectivity index (χ4n) is 15.7. The summed E-state index contributed by atoms with van der Waals surface area (Å²) in [4.78, 5) is 57.3. The molecule has 4 aliphatic heterocycles. The quantitative estimate of drug-likeness (QED) is 0.0169. The van der Waals surface area contributed by atoms with Crippen molar-refractivity contribution >= 4 is 51.7 Å². The summed E-state index contributed by atoms with van der Waals surface area (Å²) in [7, 11) is 7.61. The normalized spacial score (nSPS) is 27.7. The maximum atomic E-state index is 13.2. The SMILES string of the molecule is CCN(CC)C/C=C\c1ccccc1S(=O)(=O)Nc1ccc2c(c1C(=O)O)CCCC2.CO[C@@H]1[C@H](OC(=O)/C=C/c2ccc(CCCN(C)C)cc2)CCC2(CO2)[C@H]1[C@@]1(C)O[C@@H]1CC=C(C)C.CO[C@@H]1[C@H](OC(=O)C[C@@H](C(=O)NCCCN(C)C)C(C)C)CC[C@]2(CO2)[C@H]1[C@@]1(C)O[C@@H]1CC=C(C)C. The zero-order valence-electron chi connectivity index (χ0n) is 64.5. The summed E-state index contributed by atoms with van der Waals surface area (Å²) in [6.45, 7) is 27.3. The Morgan fingerprint density at radius 2 is 1.28 bits per heavy atom. The Labute approximate surface area is 615 Å². The van der Waals surface area contributed by atoms with Crippen LogP contribution in [0.1, 0.15) is 178 Å². The minimum absolute atomic E-state index is 0.0157. The maximum absolute atomic E-state index is 13.2. The van der Waals surface area contributed by atoms with E-state index in [-0.39, 0.29) is 117 Å². The van der Waals surface area contributed by atoms with Gasteiger partial charge in [0.2, 0.25) is 5.91 Å². The molecular formula is C82H121N5O15S. The van der Waals surface area contributed by atoms with Crippen LogP contribution in [0.25, 0.3) is 12.2 Å². The van der Waals surface area contributed by atoms with Gasteiger partial charge < -0.3 is 63.0 Å². The number of methoxy groups -OCH3 is 2. The van der Waals surface area contributed by atoms with Gasteiger partial charge in [-0.1, -0.05) is 112 Å². The van der Waals surface area contributed by atoms with Crippen molar-refractivity contribution in [2.45, 2.75) is 223 Å².